The van der Waals surface area contributed by atoms with Gasteiger partial charge in [0, 0.05) is 0 Å². The molecule has 0 amide bonds. The van der Waals surface area contributed by atoms with Gasteiger partial charge in [0.25, 0.3) is 0 Å². The minimum Gasteiger partial charge on any atom is -0.393 e. The van der Waals surface area contributed by atoms with Crippen LogP contribution in [-0.4, -0.2) is 22.4 Å². The molecule has 2 nitrogen and oxygen atoms in total. The minimum absolute atomic E-state index is 0.0710. The van der Waals surface area contributed by atoms with Crippen LogP contribution >= 0.6 is 0 Å². The molecule has 0 heterocycles. The largest absolute Gasteiger partial charge is 0.393 e. The lowest BCUT2D eigenvalue weighted by molar-refractivity contribution is -0.0436. The van der Waals surface area contributed by atoms with Crippen LogP contribution in [0.3, 0.4) is 0 Å². The van der Waals surface area contributed by atoms with Crippen molar-refractivity contribution in [1.29, 1.82) is 0 Å². The molecule has 0 aliphatic heterocycles. The number of hydrogen-bond donors (Lipinski definition) is 2. The maximum atomic E-state index is 10.2. The molecule has 0 saturated heterocycles. The average molecular weight is 240 g/mol. The summed E-state index contributed by atoms with van der Waals surface area (Å²) in [5.41, 5.74) is 0.236. The van der Waals surface area contributed by atoms with E-state index in [1.807, 2.05) is 0 Å². The van der Waals surface area contributed by atoms with Crippen molar-refractivity contribution in [3.05, 3.63) is 0 Å². The van der Waals surface area contributed by atoms with Crippen molar-refractivity contribution in [3.63, 3.8) is 0 Å². The second-order valence-corrected chi connectivity index (χ2v) is 6.79. The molecule has 100 valence electrons. The first-order valence-electron chi connectivity index (χ1n) is 7.38. The molecule has 2 heteroatoms. The highest BCUT2D eigenvalue weighted by Crippen LogP contribution is 2.48. The minimum atomic E-state index is -0.0920. The molecule has 2 fully saturated rings. The van der Waals surface area contributed by atoms with Crippen LogP contribution in [0.25, 0.3) is 0 Å². The van der Waals surface area contributed by atoms with Crippen LogP contribution in [0.5, 0.6) is 0 Å². The Morgan fingerprint density at radius 2 is 1.41 bits per heavy atom. The van der Waals surface area contributed by atoms with Gasteiger partial charge in [0.15, 0.2) is 0 Å². The summed E-state index contributed by atoms with van der Waals surface area (Å²) in [6.07, 6.45) is 8.67. The SMILES string of the molecule is CC(C)(C1CCC(O)CC1)C1CCCCC1O. The quantitative estimate of drug-likeness (QED) is 0.778. The summed E-state index contributed by atoms with van der Waals surface area (Å²) < 4.78 is 0. The van der Waals surface area contributed by atoms with E-state index in [-0.39, 0.29) is 17.6 Å². The van der Waals surface area contributed by atoms with Gasteiger partial charge in [-0.3, -0.25) is 0 Å². The monoisotopic (exact) mass is 240 g/mol. The van der Waals surface area contributed by atoms with Gasteiger partial charge in [0.05, 0.1) is 12.2 Å². The summed E-state index contributed by atoms with van der Waals surface area (Å²) in [6, 6.07) is 0. The molecule has 2 unspecified atom stereocenters. The third-order valence-corrected chi connectivity index (χ3v) is 5.43. The highest BCUT2D eigenvalue weighted by atomic mass is 16.3. The van der Waals surface area contributed by atoms with Gasteiger partial charge in [0.1, 0.15) is 0 Å². The van der Waals surface area contributed by atoms with Crippen LogP contribution in [0.15, 0.2) is 0 Å². The Balaban J connectivity index is 2.01. The van der Waals surface area contributed by atoms with E-state index in [4.69, 9.17) is 0 Å². The first-order valence-corrected chi connectivity index (χ1v) is 7.38. The van der Waals surface area contributed by atoms with Crippen molar-refractivity contribution < 1.29 is 10.2 Å². The van der Waals surface area contributed by atoms with Gasteiger partial charge < -0.3 is 10.2 Å². The van der Waals surface area contributed by atoms with Gasteiger partial charge in [-0.05, 0) is 55.8 Å². The van der Waals surface area contributed by atoms with Crippen molar-refractivity contribution in [3.8, 4) is 0 Å². The number of aliphatic hydroxyl groups is 2. The van der Waals surface area contributed by atoms with Gasteiger partial charge in [-0.25, -0.2) is 0 Å². The Labute approximate surface area is 105 Å². The molecule has 2 N–H and O–H groups in total. The van der Waals surface area contributed by atoms with Crippen LogP contribution in [-0.2, 0) is 0 Å². The van der Waals surface area contributed by atoms with Gasteiger partial charge in [0.2, 0.25) is 0 Å². The van der Waals surface area contributed by atoms with Gasteiger partial charge in [-0.2, -0.15) is 0 Å². The lowest BCUT2D eigenvalue weighted by Crippen LogP contribution is -2.42. The first-order chi connectivity index (χ1) is 8.01. The summed E-state index contributed by atoms with van der Waals surface area (Å²) in [4.78, 5) is 0. The number of hydrogen-bond acceptors (Lipinski definition) is 2. The third kappa shape index (κ3) is 2.85. The van der Waals surface area contributed by atoms with Crippen molar-refractivity contribution in [2.75, 3.05) is 0 Å². The fourth-order valence-corrected chi connectivity index (χ4v) is 4.10. The standard InChI is InChI=1S/C15H28O2/c1-15(2,11-7-9-12(16)10-8-11)13-5-3-4-6-14(13)17/h11-14,16-17H,3-10H2,1-2H3. The van der Waals surface area contributed by atoms with E-state index in [0.717, 1.165) is 32.1 Å². The van der Waals surface area contributed by atoms with Crippen LogP contribution in [0.1, 0.15) is 65.2 Å². The molecule has 2 aliphatic rings. The molecule has 2 atom stereocenters. The normalized spacial score (nSPS) is 40.2. The highest BCUT2D eigenvalue weighted by Gasteiger charge is 2.42. The van der Waals surface area contributed by atoms with Crippen LogP contribution < -0.4 is 0 Å². The third-order valence-electron chi connectivity index (χ3n) is 5.43. The highest BCUT2D eigenvalue weighted by molar-refractivity contribution is 4.92. The van der Waals surface area contributed by atoms with Gasteiger partial charge >= 0.3 is 0 Å². The Morgan fingerprint density at radius 1 is 0.824 bits per heavy atom. The van der Waals surface area contributed by atoms with Crippen LogP contribution in [0.2, 0.25) is 0 Å². The predicted octanol–water partition coefficient (Wildman–Crippen LogP) is 3.11. The van der Waals surface area contributed by atoms with Crippen molar-refractivity contribution in [2.24, 2.45) is 17.3 Å². The zero-order chi connectivity index (χ0) is 12.5. The van der Waals surface area contributed by atoms with E-state index in [9.17, 15) is 10.2 Å². The molecule has 0 radical (unpaired) electrons. The maximum absolute atomic E-state index is 10.2. The van der Waals surface area contributed by atoms with E-state index in [1.165, 1.54) is 19.3 Å². The molecule has 0 aromatic heterocycles. The van der Waals surface area contributed by atoms with E-state index in [1.54, 1.807) is 0 Å². The molecule has 0 spiro atoms. The van der Waals surface area contributed by atoms with Crippen molar-refractivity contribution >= 4 is 0 Å². The zero-order valence-electron chi connectivity index (χ0n) is 11.4. The molecule has 2 rings (SSSR count). The summed E-state index contributed by atoms with van der Waals surface area (Å²) in [7, 11) is 0. The van der Waals surface area contributed by atoms with Crippen molar-refractivity contribution in [2.45, 2.75) is 77.4 Å². The smallest absolute Gasteiger partial charge is 0.0573 e. The van der Waals surface area contributed by atoms with E-state index < -0.39 is 0 Å². The Bertz CT molecular complexity index is 241. The fraction of sp³-hybridized carbons (Fsp3) is 1.00. The second-order valence-electron chi connectivity index (χ2n) is 6.79. The average Bonchev–Trinajstić information content (AvgIpc) is 2.30. The van der Waals surface area contributed by atoms with Gasteiger partial charge in [-0.15, -0.1) is 0 Å². The topological polar surface area (TPSA) is 40.5 Å². The summed E-state index contributed by atoms with van der Waals surface area (Å²) >= 11 is 0. The van der Waals surface area contributed by atoms with Crippen molar-refractivity contribution in [1.82, 2.24) is 0 Å². The summed E-state index contributed by atoms with van der Waals surface area (Å²) in [5.74, 6) is 1.15. The molecule has 0 aromatic rings. The predicted molar refractivity (Wildman–Crippen MR) is 69.7 cm³/mol. The number of aliphatic hydroxyl groups excluding tert-OH is 2. The molecule has 17 heavy (non-hydrogen) atoms. The Morgan fingerprint density at radius 3 is 2.00 bits per heavy atom. The zero-order valence-corrected chi connectivity index (χ0v) is 11.4. The molecular formula is C15H28O2. The van der Waals surface area contributed by atoms with Crippen LogP contribution in [0, 0.1) is 17.3 Å². The van der Waals surface area contributed by atoms with Gasteiger partial charge in [-0.1, -0.05) is 26.7 Å². The summed E-state index contributed by atoms with van der Waals surface area (Å²) in [6.45, 7) is 4.68. The first kappa shape index (κ1) is 13.4. The fourth-order valence-electron chi connectivity index (χ4n) is 4.10. The number of rotatable bonds is 2. The molecule has 2 aliphatic carbocycles. The Hall–Kier alpha value is -0.0800. The van der Waals surface area contributed by atoms with Crippen LogP contribution in [0.4, 0.5) is 0 Å². The molecule has 0 aromatic carbocycles. The molecular weight excluding hydrogens is 212 g/mol. The second kappa shape index (κ2) is 5.27. The molecule has 2 saturated carbocycles. The lowest BCUT2D eigenvalue weighted by atomic mass is 9.60. The van der Waals surface area contributed by atoms with E-state index in [2.05, 4.69) is 13.8 Å². The van der Waals surface area contributed by atoms with E-state index >= 15 is 0 Å². The van der Waals surface area contributed by atoms with E-state index in [0.29, 0.717) is 11.8 Å². The maximum Gasteiger partial charge on any atom is 0.0573 e. The lowest BCUT2D eigenvalue weighted by Gasteiger charge is -2.47. The Kier molecular flexibility index (Phi) is 4.14. The molecule has 0 bridgehead atoms. The summed E-state index contributed by atoms with van der Waals surface area (Å²) in [5, 5.41) is 19.8.